The lowest BCUT2D eigenvalue weighted by atomic mass is 9.88. The van der Waals surface area contributed by atoms with Gasteiger partial charge in [0.25, 0.3) is 0 Å². The van der Waals surface area contributed by atoms with Crippen LogP contribution >= 0.6 is 33.0 Å². The molecule has 2 aromatic heterocycles. The van der Waals surface area contributed by atoms with Crippen LogP contribution < -0.4 is 4.78 Å². The van der Waals surface area contributed by atoms with Crippen molar-refractivity contribution in [3.63, 3.8) is 0 Å². The van der Waals surface area contributed by atoms with Crippen LogP contribution in [-0.4, -0.2) is 42.2 Å². The Hall–Kier alpha value is -0.0451. The van der Waals surface area contributed by atoms with Crippen LogP contribution in [-0.2, 0) is 19.9 Å². The van der Waals surface area contributed by atoms with Gasteiger partial charge in [-0.3, -0.25) is 0 Å². The van der Waals surface area contributed by atoms with Crippen LogP contribution in [0.4, 0.5) is 0 Å². The van der Waals surface area contributed by atoms with Gasteiger partial charge in [0.05, 0.1) is 17.8 Å². The average molecular weight is 545 g/mol. The Morgan fingerprint density at radius 2 is 1.34 bits per heavy atom. The van der Waals surface area contributed by atoms with E-state index in [0.29, 0.717) is 0 Å². The van der Waals surface area contributed by atoms with E-state index in [1.807, 2.05) is 50.4 Å². The third kappa shape index (κ3) is 8.75. The number of fused-ring (bicyclic) bond motifs is 1. The zero-order chi connectivity index (χ0) is 27.1. The quantitative estimate of drug-likeness (QED) is 0.233. The molecule has 1 fully saturated rings. The highest BCUT2D eigenvalue weighted by molar-refractivity contribution is 8.29. The Bertz CT molecular complexity index is 830. The Labute approximate surface area is 227 Å². The Kier molecular flexibility index (Phi) is 12.9. The number of rotatable bonds is 9. The van der Waals surface area contributed by atoms with E-state index >= 15 is 0 Å². The standard InChI is InChI=1S/C24H41BO3S3.2C2H6/c1-22(2,3)31(8,9)26-15-13-11-10-12-14-18-16-19-20(29-18)17-21(30-19)25-27-23(4,5)24(6,7)28-25;2*1-2/h16-17H,10-15H2,1-9H3;2*1-2H3. The second-order valence-corrected chi connectivity index (χ2v) is 17.2. The van der Waals surface area contributed by atoms with Crippen molar-refractivity contribution < 1.29 is 13.5 Å². The molecule has 2 aromatic rings. The number of hydrogen-bond acceptors (Lipinski definition) is 5. The van der Waals surface area contributed by atoms with Crippen LogP contribution in [0.2, 0.25) is 0 Å². The predicted octanol–water partition coefficient (Wildman–Crippen LogP) is 9.21. The van der Waals surface area contributed by atoms with Gasteiger partial charge in [0.15, 0.2) is 0 Å². The van der Waals surface area contributed by atoms with Gasteiger partial charge in [-0.1, -0.05) is 61.3 Å². The van der Waals surface area contributed by atoms with Crippen molar-refractivity contribution >= 4 is 54.3 Å². The van der Waals surface area contributed by atoms with E-state index < -0.39 is 10.3 Å². The minimum atomic E-state index is -0.980. The van der Waals surface area contributed by atoms with E-state index in [4.69, 9.17) is 13.5 Å². The van der Waals surface area contributed by atoms with Crippen LogP contribution in [0, 0.1) is 0 Å². The van der Waals surface area contributed by atoms with Gasteiger partial charge < -0.3 is 13.5 Å². The molecule has 3 rings (SSSR count). The molecule has 35 heavy (non-hydrogen) atoms. The van der Waals surface area contributed by atoms with Gasteiger partial charge in [-0.15, -0.1) is 33.0 Å². The molecule has 0 aliphatic carbocycles. The largest absolute Gasteiger partial charge is 0.505 e. The van der Waals surface area contributed by atoms with Crippen molar-refractivity contribution in [3.8, 4) is 0 Å². The Balaban J connectivity index is 0.00000145. The number of unbranched alkanes of at least 4 members (excludes halogenated alkanes) is 3. The molecule has 3 heterocycles. The van der Waals surface area contributed by atoms with Gasteiger partial charge in [0, 0.05) is 23.8 Å². The fourth-order valence-corrected chi connectivity index (χ4v) is 6.62. The minimum Gasteiger partial charge on any atom is -0.399 e. The van der Waals surface area contributed by atoms with Gasteiger partial charge >= 0.3 is 7.12 Å². The first-order valence-corrected chi connectivity index (χ1v) is 17.5. The lowest BCUT2D eigenvalue weighted by Crippen LogP contribution is -2.41. The van der Waals surface area contributed by atoms with Gasteiger partial charge in [0.1, 0.15) is 0 Å². The summed E-state index contributed by atoms with van der Waals surface area (Å²) in [5.41, 5.74) is -0.565. The Morgan fingerprint density at radius 3 is 1.86 bits per heavy atom. The first-order chi connectivity index (χ1) is 16.2. The van der Waals surface area contributed by atoms with Crippen LogP contribution in [0.5, 0.6) is 0 Å². The highest BCUT2D eigenvalue weighted by Crippen LogP contribution is 2.53. The summed E-state index contributed by atoms with van der Waals surface area (Å²) in [6.07, 6.45) is 10.7. The lowest BCUT2D eigenvalue weighted by Gasteiger charge is -2.43. The molecule has 0 saturated carbocycles. The number of hydrogen-bond donors (Lipinski definition) is 0. The van der Waals surface area contributed by atoms with Crippen LogP contribution in [0.15, 0.2) is 12.1 Å². The summed E-state index contributed by atoms with van der Waals surface area (Å²) < 4.78 is 22.8. The van der Waals surface area contributed by atoms with E-state index in [2.05, 4.69) is 73.1 Å². The van der Waals surface area contributed by atoms with Crippen molar-refractivity contribution in [2.24, 2.45) is 0 Å². The first kappa shape index (κ1) is 33.0. The van der Waals surface area contributed by atoms with Crippen molar-refractivity contribution in [2.75, 3.05) is 19.1 Å². The topological polar surface area (TPSA) is 27.7 Å². The molecule has 1 saturated heterocycles. The highest BCUT2D eigenvalue weighted by atomic mass is 32.3. The van der Waals surface area contributed by atoms with Gasteiger partial charge in [0.2, 0.25) is 0 Å². The molecule has 0 bridgehead atoms. The summed E-state index contributed by atoms with van der Waals surface area (Å²) in [4.78, 5) is 1.50. The molecule has 0 N–H and O–H groups in total. The predicted molar refractivity (Wildman–Crippen MR) is 165 cm³/mol. The van der Waals surface area contributed by atoms with E-state index in [1.165, 1.54) is 51.2 Å². The average Bonchev–Trinajstić information content (AvgIpc) is 3.39. The highest BCUT2D eigenvalue weighted by Gasteiger charge is 2.52. The second kappa shape index (κ2) is 13.7. The molecule has 1 aliphatic rings. The maximum Gasteiger partial charge on any atom is 0.505 e. The van der Waals surface area contributed by atoms with Crippen LogP contribution in [0.25, 0.3) is 9.40 Å². The zero-order valence-electron chi connectivity index (χ0n) is 24.9. The number of thiophene rings is 2. The maximum absolute atomic E-state index is 6.23. The summed E-state index contributed by atoms with van der Waals surface area (Å²) >= 11 is 3.75. The molecule has 0 amide bonds. The third-order valence-corrected chi connectivity index (χ3v) is 13.0. The molecular weight excluding hydrogens is 491 g/mol. The summed E-state index contributed by atoms with van der Waals surface area (Å²) in [7, 11) is -1.22. The monoisotopic (exact) mass is 544 g/mol. The van der Waals surface area contributed by atoms with Crippen molar-refractivity contribution in [1.29, 1.82) is 0 Å². The van der Waals surface area contributed by atoms with Gasteiger partial charge in [-0.05, 0) is 71.6 Å². The molecule has 204 valence electrons. The van der Waals surface area contributed by atoms with E-state index in [1.54, 1.807) is 0 Å². The molecule has 7 heteroatoms. The molecule has 0 atom stereocenters. The maximum atomic E-state index is 6.23. The van der Waals surface area contributed by atoms with E-state index in [0.717, 1.165) is 6.61 Å². The molecular formula is C28H53BO3S3. The smallest absolute Gasteiger partial charge is 0.399 e. The van der Waals surface area contributed by atoms with E-state index in [-0.39, 0.29) is 23.1 Å². The van der Waals surface area contributed by atoms with Gasteiger partial charge in [-0.2, -0.15) is 0 Å². The summed E-state index contributed by atoms with van der Waals surface area (Å²) in [6.45, 7) is 24.2. The number of aryl methyl sites for hydroxylation is 1. The summed E-state index contributed by atoms with van der Waals surface area (Å²) in [6, 6.07) is 4.64. The van der Waals surface area contributed by atoms with E-state index in [9.17, 15) is 0 Å². The van der Waals surface area contributed by atoms with Crippen molar-refractivity contribution in [1.82, 2.24) is 0 Å². The molecule has 0 spiro atoms. The minimum absolute atomic E-state index is 0.245. The van der Waals surface area contributed by atoms with Crippen LogP contribution in [0.3, 0.4) is 0 Å². The lowest BCUT2D eigenvalue weighted by molar-refractivity contribution is 0.00578. The Morgan fingerprint density at radius 1 is 0.829 bits per heavy atom. The van der Waals surface area contributed by atoms with Crippen LogP contribution in [0.1, 0.15) is 107 Å². The van der Waals surface area contributed by atoms with Gasteiger partial charge in [-0.25, -0.2) is 0 Å². The third-order valence-electron chi connectivity index (χ3n) is 6.93. The molecule has 0 aromatic carbocycles. The second-order valence-electron chi connectivity index (χ2n) is 11.0. The molecule has 3 nitrogen and oxygen atoms in total. The molecule has 1 aliphatic heterocycles. The molecule has 0 radical (unpaired) electrons. The van der Waals surface area contributed by atoms with Crippen molar-refractivity contribution in [3.05, 3.63) is 17.0 Å². The summed E-state index contributed by atoms with van der Waals surface area (Å²) in [5, 5.41) is 0. The fraction of sp³-hybridized carbons (Fsp3) is 0.786. The normalized spacial score (nSPS) is 17.6. The summed E-state index contributed by atoms with van der Waals surface area (Å²) in [5.74, 6) is 0. The SMILES string of the molecule is CC.CC.CC1(C)OB(c2cc3sc(CCCCCCOS(C)(C)C(C)(C)C)cc3s2)OC1(C)C. The van der Waals surface area contributed by atoms with Crippen molar-refractivity contribution in [2.45, 2.75) is 124 Å². The molecule has 0 unspecified atom stereocenters. The first-order valence-electron chi connectivity index (χ1n) is 13.5. The zero-order valence-corrected chi connectivity index (χ0v) is 27.4. The fourth-order valence-electron chi connectivity index (χ4n) is 3.30.